The molecular weight excluding hydrogens is 232 g/mol. The summed E-state index contributed by atoms with van der Waals surface area (Å²) in [5.74, 6) is 1.04. The average molecular weight is 253 g/mol. The summed E-state index contributed by atoms with van der Waals surface area (Å²) in [6, 6.07) is 8.10. The molecule has 1 N–H and O–H groups in total. The smallest absolute Gasteiger partial charge is 0.0467 e. The van der Waals surface area contributed by atoms with E-state index in [9.17, 15) is 5.11 Å². The molecule has 1 nitrogen and oxygen atoms in total. The zero-order chi connectivity index (χ0) is 12.5. The predicted octanol–water partition coefficient (Wildman–Crippen LogP) is 3.93. The second-order valence-electron chi connectivity index (χ2n) is 5.91. The van der Waals surface area contributed by atoms with Crippen LogP contribution in [0.1, 0.15) is 32.3 Å². The van der Waals surface area contributed by atoms with E-state index in [0.29, 0.717) is 18.4 Å². The SMILES string of the molecule is CC1(C)CCC(Cc2ccc(Cl)cc2)C1CO. The Morgan fingerprint density at radius 1 is 1.29 bits per heavy atom. The van der Waals surface area contributed by atoms with Gasteiger partial charge in [0.15, 0.2) is 0 Å². The van der Waals surface area contributed by atoms with Crippen LogP contribution in [0.4, 0.5) is 0 Å². The zero-order valence-electron chi connectivity index (χ0n) is 10.6. The van der Waals surface area contributed by atoms with Gasteiger partial charge in [0.25, 0.3) is 0 Å². The predicted molar refractivity (Wildman–Crippen MR) is 72.2 cm³/mol. The lowest BCUT2D eigenvalue weighted by Gasteiger charge is -2.29. The van der Waals surface area contributed by atoms with E-state index in [2.05, 4.69) is 26.0 Å². The Morgan fingerprint density at radius 3 is 2.53 bits per heavy atom. The Balaban J connectivity index is 2.07. The first-order chi connectivity index (χ1) is 8.03. The first kappa shape index (κ1) is 12.9. The van der Waals surface area contributed by atoms with E-state index in [4.69, 9.17) is 11.6 Å². The van der Waals surface area contributed by atoms with Gasteiger partial charge < -0.3 is 5.11 Å². The Kier molecular flexibility index (Phi) is 3.79. The molecule has 0 aromatic heterocycles. The zero-order valence-corrected chi connectivity index (χ0v) is 11.4. The van der Waals surface area contributed by atoms with Gasteiger partial charge in [0.1, 0.15) is 0 Å². The summed E-state index contributed by atoms with van der Waals surface area (Å²) in [6.45, 7) is 4.86. The lowest BCUT2D eigenvalue weighted by atomic mass is 9.77. The molecule has 0 spiro atoms. The van der Waals surface area contributed by atoms with E-state index >= 15 is 0 Å². The topological polar surface area (TPSA) is 20.2 Å². The van der Waals surface area contributed by atoms with Crippen molar-refractivity contribution in [1.29, 1.82) is 0 Å². The highest BCUT2D eigenvalue weighted by atomic mass is 35.5. The number of halogens is 1. The van der Waals surface area contributed by atoms with Gasteiger partial charge in [0.2, 0.25) is 0 Å². The van der Waals surface area contributed by atoms with Crippen LogP contribution in [0.3, 0.4) is 0 Å². The summed E-state index contributed by atoms with van der Waals surface area (Å²) in [6.07, 6.45) is 3.50. The van der Waals surface area contributed by atoms with Gasteiger partial charge >= 0.3 is 0 Å². The summed E-state index contributed by atoms with van der Waals surface area (Å²) >= 11 is 5.89. The van der Waals surface area contributed by atoms with Crippen LogP contribution in [0.5, 0.6) is 0 Å². The van der Waals surface area contributed by atoms with E-state index in [1.165, 1.54) is 18.4 Å². The lowest BCUT2D eigenvalue weighted by molar-refractivity contribution is 0.115. The third-order valence-electron chi connectivity index (χ3n) is 4.34. The molecule has 0 saturated heterocycles. The van der Waals surface area contributed by atoms with Crippen molar-refractivity contribution < 1.29 is 5.11 Å². The minimum Gasteiger partial charge on any atom is -0.396 e. The van der Waals surface area contributed by atoms with Gasteiger partial charge in [0.05, 0.1) is 0 Å². The molecule has 2 rings (SSSR count). The maximum Gasteiger partial charge on any atom is 0.0467 e. The van der Waals surface area contributed by atoms with E-state index in [1.807, 2.05) is 12.1 Å². The lowest BCUT2D eigenvalue weighted by Crippen LogP contribution is -2.26. The molecule has 1 aromatic carbocycles. The third-order valence-corrected chi connectivity index (χ3v) is 4.59. The fraction of sp³-hybridized carbons (Fsp3) is 0.600. The second-order valence-corrected chi connectivity index (χ2v) is 6.34. The van der Waals surface area contributed by atoms with Crippen molar-refractivity contribution in [3.05, 3.63) is 34.9 Å². The minimum absolute atomic E-state index is 0.284. The van der Waals surface area contributed by atoms with Crippen molar-refractivity contribution in [2.75, 3.05) is 6.61 Å². The summed E-state index contributed by atoms with van der Waals surface area (Å²) in [7, 11) is 0. The van der Waals surface area contributed by atoms with Crippen LogP contribution in [0, 0.1) is 17.3 Å². The molecule has 17 heavy (non-hydrogen) atoms. The summed E-state index contributed by atoms with van der Waals surface area (Å²) in [5, 5.41) is 10.4. The largest absolute Gasteiger partial charge is 0.396 e. The van der Waals surface area contributed by atoms with E-state index in [1.54, 1.807) is 0 Å². The Morgan fingerprint density at radius 2 is 1.94 bits per heavy atom. The van der Waals surface area contributed by atoms with Gasteiger partial charge in [-0.05, 0) is 54.2 Å². The molecule has 0 heterocycles. The van der Waals surface area contributed by atoms with E-state index < -0.39 is 0 Å². The molecular formula is C15H21ClO. The van der Waals surface area contributed by atoms with Crippen molar-refractivity contribution in [3.8, 4) is 0 Å². The molecule has 1 aliphatic rings. The highest BCUT2D eigenvalue weighted by Crippen LogP contribution is 2.47. The number of benzene rings is 1. The molecule has 0 radical (unpaired) electrons. The maximum atomic E-state index is 9.57. The molecule has 1 saturated carbocycles. The number of hydrogen-bond acceptors (Lipinski definition) is 1. The van der Waals surface area contributed by atoms with Crippen LogP contribution < -0.4 is 0 Å². The van der Waals surface area contributed by atoms with Gasteiger partial charge in [0, 0.05) is 11.6 Å². The molecule has 2 heteroatoms. The van der Waals surface area contributed by atoms with Gasteiger partial charge in [-0.25, -0.2) is 0 Å². The molecule has 2 unspecified atom stereocenters. The second kappa shape index (κ2) is 4.99. The summed E-state index contributed by atoms with van der Waals surface area (Å²) in [5.41, 5.74) is 1.61. The van der Waals surface area contributed by atoms with Gasteiger partial charge in [-0.2, -0.15) is 0 Å². The minimum atomic E-state index is 0.284. The summed E-state index contributed by atoms with van der Waals surface area (Å²) < 4.78 is 0. The van der Waals surface area contributed by atoms with E-state index in [0.717, 1.165) is 11.4 Å². The van der Waals surface area contributed by atoms with Gasteiger partial charge in [-0.1, -0.05) is 37.6 Å². The first-order valence-corrected chi connectivity index (χ1v) is 6.76. The number of rotatable bonds is 3. The molecule has 1 fully saturated rings. The molecule has 0 amide bonds. The van der Waals surface area contributed by atoms with E-state index in [-0.39, 0.29) is 5.41 Å². The quantitative estimate of drug-likeness (QED) is 0.864. The Bertz CT molecular complexity index is 369. The normalized spacial score (nSPS) is 27.3. The van der Waals surface area contributed by atoms with Crippen molar-refractivity contribution in [2.45, 2.75) is 33.1 Å². The van der Waals surface area contributed by atoms with Gasteiger partial charge in [-0.15, -0.1) is 0 Å². The molecule has 1 aromatic rings. The Labute approximate surface area is 109 Å². The fourth-order valence-corrected chi connectivity index (χ4v) is 3.27. The van der Waals surface area contributed by atoms with Crippen LogP contribution in [0.15, 0.2) is 24.3 Å². The highest BCUT2D eigenvalue weighted by molar-refractivity contribution is 6.30. The fourth-order valence-electron chi connectivity index (χ4n) is 3.15. The average Bonchev–Trinajstić information content (AvgIpc) is 2.57. The van der Waals surface area contributed by atoms with Crippen LogP contribution in [-0.2, 0) is 6.42 Å². The maximum absolute atomic E-state index is 9.57. The summed E-state index contributed by atoms with van der Waals surface area (Å²) in [4.78, 5) is 0. The van der Waals surface area contributed by atoms with Crippen molar-refractivity contribution in [1.82, 2.24) is 0 Å². The van der Waals surface area contributed by atoms with Crippen LogP contribution >= 0.6 is 11.6 Å². The molecule has 1 aliphatic carbocycles. The van der Waals surface area contributed by atoms with Crippen LogP contribution in [0.25, 0.3) is 0 Å². The van der Waals surface area contributed by atoms with Crippen molar-refractivity contribution in [3.63, 3.8) is 0 Å². The third kappa shape index (κ3) is 2.83. The Hall–Kier alpha value is -0.530. The molecule has 0 aliphatic heterocycles. The standard InChI is InChI=1S/C15H21ClO/c1-15(2)8-7-12(14(15)10-17)9-11-3-5-13(16)6-4-11/h3-6,12,14,17H,7-10H2,1-2H3. The van der Waals surface area contributed by atoms with Gasteiger partial charge in [-0.3, -0.25) is 0 Å². The van der Waals surface area contributed by atoms with Crippen LogP contribution in [-0.4, -0.2) is 11.7 Å². The first-order valence-electron chi connectivity index (χ1n) is 6.38. The molecule has 94 valence electrons. The number of aliphatic hydroxyl groups excluding tert-OH is 1. The van der Waals surface area contributed by atoms with Crippen molar-refractivity contribution >= 4 is 11.6 Å². The monoisotopic (exact) mass is 252 g/mol. The van der Waals surface area contributed by atoms with Crippen LogP contribution in [0.2, 0.25) is 5.02 Å². The molecule has 0 bridgehead atoms. The highest BCUT2D eigenvalue weighted by Gasteiger charge is 2.40. The number of hydrogen-bond donors (Lipinski definition) is 1. The van der Waals surface area contributed by atoms with Crippen molar-refractivity contribution in [2.24, 2.45) is 17.3 Å². The number of aliphatic hydroxyl groups is 1. The molecule has 2 atom stereocenters.